The van der Waals surface area contributed by atoms with Gasteiger partial charge in [0.25, 0.3) is 0 Å². The van der Waals surface area contributed by atoms with E-state index in [1.807, 2.05) is 44.4 Å². The molecule has 2 N–H and O–H groups in total. The zero-order chi connectivity index (χ0) is 21.2. The molecule has 0 amide bonds. The van der Waals surface area contributed by atoms with Crippen LogP contribution in [0.5, 0.6) is 11.5 Å². The van der Waals surface area contributed by atoms with E-state index < -0.39 is 0 Å². The van der Waals surface area contributed by atoms with Crippen molar-refractivity contribution in [2.75, 3.05) is 20.3 Å². The average molecular weight is 402 g/mol. The number of imidazole rings is 1. The Balaban J connectivity index is 2.02. The second-order valence-electron chi connectivity index (χ2n) is 7.25. The maximum atomic E-state index is 5.74. The SMILES string of the molecule is CCOc1ccc(C(C)NC(=NC)NCc2nccn2CC(C)C)cc1OCC. The Labute approximate surface area is 174 Å². The molecule has 160 valence electrons. The summed E-state index contributed by atoms with van der Waals surface area (Å²) in [5, 5.41) is 6.79. The van der Waals surface area contributed by atoms with Crippen molar-refractivity contribution in [2.24, 2.45) is 10.9 Å². The smallest absolute Gasteiger partial charge is 0.191 e. The number of rotatable bonds is 10. The fourth-order valence-corrected chi connectivity index (χ4v) is 3.05. The largest absolute Gasteiger partial charge is 0.490 e. The number of ether oxygens (including phenoxy) is 2. The third kappa shape index (κ3) is 6.69. The van der Waals surface area contributed by atoms with Crippen LogP contribution >= 0.6 is 0 Å². The summed E-state index contributed by atoms with van der Waals surface area (Å²) in [5.74, 6) is 3.82. The number of hydrogen-bond donors (Lipinski definition) is 2. The normalized spacial score (nSPS) is 12.7. The number of aromatic nitrogens is 2. The molecule has 0 radical (unpaired) electrons. The molecule has 2 aromatic rings. The van der Waals surface area contributed by atoms with Crippen molar-refractivity contribution in [3.05, 3.63) is 42.0 Å². The van der Waals surface area contributed by atoms with E-state index in [4.69, 9.17) is 9.47 Å². The second-order valence-corrected chi connectivity index (χ2v) is 7.25. The Morgan fingerprint density at radius 1 is 1.14 bits per heavy atom. The molecule has 0 spiro atoms. The van der Waals surface area contributed by atoms with Gasteiger partial charge in [-0.15, -0.1) is 0 Å². The summed E-state index contributed by atoms with van der Waals surface area (Å²) >= 11 is 0. The molecule has 0 saturated carbocycles. The third-order valence-electron chi connectivity index (χ3n) is 4.42. The summed E-state index contributed by atoms with van der Waals surface area (Å²) in [4.78, 5) is 8.81. The van der Waals surface area contributed by atoms with Crippen molar-refractivity contribution < 1.29 is 9.47 Å². The summed E-state index contributed by atoms with van der Waals surface area (Å²) in [6.07, 6.45) is 3.86. The lowest BCUT2D eigenvalue weighted by atomic mass is 10.1. The number of nitrogens with one attached hydrogen (secondary N) is 2. The minimum Gasteiger partial charge on any atom is -0.490 e. The van der Waals surface area contributed by atoms with Crippen LogP contribution in [0.1, 0.15) is 52.0 Å². The predicted octanol–water partition coefficient (Wildman–Crippen LogP) is 3.76. The van der Waals surface area contributed by atoms with Crippen LogP contribution in [0.15, 0.2) is 35.6 Å². The predicted molar refractivity (Wildman–Crippen MR) is 118 cm³/mol. The number of nitrogens with zero attached hydrogens (tertiary/aromatic N) is 3. The molecule has 29 heavy (non-hydrogen) atoms. The Bertz CT molecular complexity index is 785. The lowest BCUT2D eigenvalue weighted by Crippen LogP contribution is -2.38. The highest BCUT2D eigenvalue weighted by Gasteiger charge is 2.13. The van der Waals surface area contributed by atoms with Crippen molar-refractivity contribution in [1.82, 2.24) is 20.2 Å². The first-order valence-electron chi connectivity index (χ1n) is 10.3. The van der Waals surface area contributed by atoms with Crippen LogP contribution in [0, 0.1) is 5.92 Å². The second kappa shape index (κ2) is 11.3. The van der Waals surface area contributed by atoms with Crippen LogP contribution in [-0.4, -0.2) is 35.8 Å². The maximum Gasteiger partial charge on any atom is 0.191 e. The molecule has 0 fully saturated rings. The minimum atomic E-state index is 0.0477. The zero-order valence-electron chi connectivity index (χ0n) is 18.5. The number of hydrogen-bond acceptors (Lipinski definition) is 4. The average Bonchev–Trinajstić information content (AvgIpc) is 3.12. The zero-order valence-corrected chi connectivity index (χ0v) is 18.5. The molecule has 0 aliphatic heterocycles. The van der Waals surface area contributed by atoms with E-state index >= 15 is 0 Å². The Hall–Kier alpha value is -2.70. The molecule has 0 bridgehead atoms. The molecule has 1 atom stereocenters. The highest BCUT2D eigenvalue weighted by atomic mass is 16.5. The highest BCUT2D eigenvalue weighted by molar-refractivity contribution is 5.80. The van der Waals surface area contributed by atoms with Crippen molar-refractivity contribution in [2.45, 2.75) is 53.8 Å². The highest BCUT2D eigenvalue weighted by Crippen LogP contribution is 2.30. The van der Waals surface area contributed by atoms with Gasteiger partial charge in [-0.1, -0.05) is 19.9 Å². The quantitative estimate of drug-likeness (QED) is 0.468. The standard InChI is InChI=1S/C22H35N5O2/c1-7-28-19-10-9-18(13-20(19)29-8-2)17(5)26-22(23-6)25-14-21-24-11-12-27(21)15-16(3)4/h9-13,16-17H,7-8,14-15H2,1-6H3,(H2,23,25,26). The van der Waals surface area contributed by atoms with Crippen LogP contribution in [0.2, 0.25) is 0 Å². The number of guanidine groups is 1. The first-order valence-corrected chi connectivity index (χ1v) is 10.3. The van der Waals surface area contributed by atoms with Crippen LogP contribution in [-0.2, 0) is 13.1 Å². The van der Waals surface area contributed by atoms with Crippen LogP contribution in [0.4, 0.5) is 0 Å². The van der Waals surface area contributed by atoms with Crippen molar-refractivity contribution in [1.29, 1.82) is 0 Å². The molecule has 1 aromatic heterocycles. The topological polar surface area (TPSA) is 72.7 Å². The van der Waals surface area contributed by atoms with E-state index in [-0.39, 0.29) is 6.04 Å². The molecule has 0 aliphatic rings. The lowest BCUT2D eigenvalue weighted by Gasteiger charge is -2.20. The van der Waals surface area contributed by atoms with E-state index in [1.54, 1.807) is 7.05 Å². The summed E-state index contributed by atoms with van der Waals surface area (Å²) in [6.45, 7) is 13.2. The van der Waals surface area contributed by atoms with Gasteiger partial charge < -0.3 is 24.7 Å². The maximum absolute atomic E-state index is 5.74. The Kier molecular flexibility index (Phi) is 8.83. The van der Waals surface area contributed by atoms with Crippen molar-refractivity contribution in [3.63, 3.8) is 0 Å². The Morgan fingerprint density at radius 2 is 1.86 bits per heavy atom. The van der Waals surface area contributed by atoms with Gasteiger partial charge in [-0.25, -0.2) is 4.98 Å². The van der Waals surface area contributed by atoms with Crippen molar-refractivity contribution in [3.8, 4) is 11.5 Å². The van der Waals surface area contributed by atoms with E-state index in [0.29, 0.717) is 25.7 Å². The van der Waals surface area contributed by atoms with E-state index in [9.17, 15) is 0 Å². The van der Waals surface area contributed by atoms with Gasteiger partial charge in [-0.05, 0) is 44.4 Å². The van der Waals surface area contributed by atoms with Gasteiger partial charge in [0, 0.05) is 26.0 Å². The molecular weight excluding hydrogens is 366 g/mol. The Morgan fingerprint density at radius 3 is 2.52 bits per heavy atom. The van der Waals surface area contributed by atoms with Gasteiger partial charge >= 0.3 is 0 Å². The summed E-state index contributed by atoms with van der Waals surface area (Å²) < 4.78 is 13.6. The van der Waals surface area contributed by atoms with Crippen LogP contribution in [0.3, 0.4) is 0 Å². The van der Waals surface area contributed by atoms with Gasteiger partial charge in [-0.2, -0.15) is 0 Å². The molecule has 1 unspecified atom stereocenters. The molecule has 7 heteroatoms. The van der Waals surface area contributed by atoms with E-state index in [1.165, 1.54) is 0 Å². The van der Waals surface area contributed by atoms with Gasteiger partial charge in [0.2, 0.25) is 0 Å². The lowest BCUT2D eigenvalue weighted by molar-refractivity contribution is 0.287. The fraction of sp³-hybridized carbons (Fsp3) is 0.545. The molecule has 0 saturated heterocycles. The first-order chi connectivity index (χ1) is 14.0. The van der Waals surface area contributed by atoms with E-state index in [0.717, 1.165) is 35.4 Å². The van der Waals surface area contributed by atoms with Gasteiger partial charge in [0.1, 0.15) is 5.82 Å². The fourth-order valence-electron chi connectivity index (χ4n) is 3.05. The first kappa shape index (κ1) is 22.6. The summed E-state index contributed by atoms with van der Waals surface area (Å²) in [7, 11) is 1.77. The number of benzene rings is 1. The summed E-state index contributed by atoms with van der Waals surface area (Å²) in [5.41, 5.74) is 1.10. The number of aliphatic imine (C=N–C) groups is 1. The molecule has 1 aromatic carbocycles. The molecular formula is C22H35N5O2. The van der Waals surface area contributed by atoms with Gasteiger partial charge in [-0.3, -0.25) is 4.99 Å². The molecule has 7 nitrogen and oxygen atoms in total. The molecule has 0 aliphatic carbocycles. The van der Waals surface area contributed by atoms with Crippen molar-refractivity contribution >= 4 is 5.96 Å². The molecule has 1 heterocycles. The molecule has 2 rings (SSSR count). The van der Waals surface area contributed by atoms with Gasteiger partial charge in [0.15, 0.2) is 17.5 Å². The van der Waals surface area contributed by atoms with Gasteiger partial charge in [0.05, 0.1) is 25.8 Å². The van der Waals surface area contributed by atoms with Crippen LogP contribution < -0.4 is 20.1 Å². The monoisotopic (exact) mass is 401 g/mol. The third-order valence-corrected chi connectivity index (χ3v) is 4.42. The van der Waals surface area contributed by atoms with E-state index in [2.05, 4.69) is 45.9 Å². The minimum absolute atomic E-state index is 0.0477. The summed E-state index contributed by atoms with van der Waals surface area (Å²) in [6, 6.07) is 6.08. The van der Waals surface area contributed by atoms with Crippen LogP contribution in [0.25, 0.3) is 0 Å².